The van der Waals surface area contributed by atoms with Crippen molar-refractivity contribution in [2.45, 2.75) is 12.1 Å². The maximum Gasteiger partial charge on any atom is 0.233 e. The Kier molecular flexibility index (Phi) is 6.66. The molecule has 0 radical (unpaired) electrons. The fourth-order valence-corrected chi connectivity index (χ4v) is 4.50. The van der Waals surface area contributed by atoms with Crippen LogP contribution in [0, 0.1) is 0 Å². The minimum absolute atomic E-state index is 0.120. The summed E-state index contributed by atoms with van der Waals surface area (Å²) in [6.45, 7) is 6.56. The highest BCUT2D eigenvalue weighted by Gasteiger charge is 2.23. The van der Waals surface area contributed by atoms with Gasteiger partial charge < -0.3 is 9.80 Å². The van der Waals surface area contributed by atoms with Gasteiger partial charge in [-0.3, -0.25) is 14.3 Å². The Morgan fingerprint density at radius 1 is 1.07 bits per heavy atom. The number of amides is 1. The van der Waals surface area contributed by atoms with Gasteiger partial charge in [-0.05, 0) is 30.8 Å². The molecule has 0 atom stereocenters. The number of likely N-dealkylation sites (N-methyl/N-ethyl adjacent to an activating group) is 1. The Labute approximate surface area is 185 Å². The first-order chi connectivity index (χ1) is 14.7. The van der Waals surface area contributed by atoms with Gasteiger partial charge in [0.2, 0.25) is 5.91 Å². The van der Waals surface area contributed by atoms with Crippen LogP contribution in [-0.4, -0.2) is 73.9 Å². The zero-order chi connectivity index (χ0) is 20.9. The first kappa shape index (κ1) is 20.8. The molecule has 9 heteroatoms. The van der Waals surface area contributed by atoms with Crippen molar-refractivity contribution in [1.29, 1.82) is 0 Å². The van der Waals surface area contributed by atoms with Crippen LogP contribution in [0.1, 0.15) is 6.92 Å². The monoisotopic (exact) mass is 442 g/mol. The fourth-order valence-electron chi connectivity index (χ4n) is 3.43. The van der Waals surface area contributed by atoms with Gasteiger partial charge in [-0.15, -0.1) is 10.2 Å². The quantitative estimate of drug-likeness (QED) is 0.546. The van der Waals surface area contributed by atoms with Crippen molar-refractivity contribution in [3.63, 3.8) is 0 Å². The van der Waals surface area contributed by atoms with E-state index in [4.69, 9.17) is 11.6 Å². The van der Waals surface area contributed by atoms with Gasteiger partial charge in [-0.1, -0.05) is 42.4 Å². The summed E-state index contributed by atoms with van der Waals surface area (Å²) in [7, 11) is 0. The lowest BCUT2D eigenvalue weighted by Crippen LogP contribution is -2.49. The number of aromatic nitrogens is 4. The van der Waals surface area contributed by atoms with Crippen molar-refractivity contribution in [2.24, 2.45) is 0 Å². The molecule has 0 bridgehead atoms. The van der Waals surface area contributed by atoms with E-state index in [0.717, 1.165) is 44.0 Å². The van der Waals surface area contributed by atoms with Gasteiger partial charge in [0, 0.05) is 44.1 Å². The lowest BCUT2D eigenvalue weighted by Gasteiger charge is -2.34. The Hall–Kier alpha value is -2.42. The summed E-state index contributed by atoms with van der Waals surface area (Å²) in [6.07, 6.45) is 3.43. The van der Waals surface area contributed by atoms with Crippen LogP contribution in [0.5, 0.6) is 0 Å². The summed E-state index contributed by atoms with van der Waals surface area (Å²) in [4.78, 5) is 21.1. The molecule has 1 aliphatic heterocycles. The molecule has 1 aromatic carbocycles. The van der Waals surface area contributed by atoms with E-state index in [1.54, 1.807) is 12.4 Å². The second-order valence-electron chi connectivity index (χ2n) is 6.93. The highest BCUT2D eigenvalue weighted by molar-refractivity contribution is 7.99. The summed E-state index contributed by atoms with van der Waals surface area (Å²) >= 11 is 7.87. The summed E-state index contributed by atoms with van der Waals surface area (Å²) < 4.78 is 1.91. The molecule has 2 aromatic heterocycles. The molecule has 1 saturated heterocycles. The molecule has 7 nitrogen and oxygen atoms in total. The van der Waals surface area contributed by atoms with Crippen molar-refractivity contribution in [3.8, 4) is 17.1 Å². The number of nitrogens with zero attached hydrogens (tertiary/aromatic N) is 6. The smallest absolute Gasteiger partial charge is 0.233 e. The normalized spacial score (nSPS) is 14.8. The number of carbonyl (C=O) groups is 1. The fraction of sp³-hybridized carbons (Fsp3) is 0.333. The van der Waals surface area contributed by atoms with Crippen molar-refractivity contribution in [3.05, 3.63) is 53.8 Å². The van der Waals surface area contributed by atoms with E-state index in [1.807, 2.05) is 45.9 Å². The van der Waals surface area contributed by atoms with Crippen LogP contribution in [0.3, 0.4) is 0 Å². The summed E-state index contributed by atoms with van der Waals surface area (Å²) in [6, 6.07) is 11.3. The van der Waals surface area contributed by atoms with Crippen LogP contribution in [-0.2, 0) is 4.79 Å². The average Bonchev–Trinajstić information content (AvgIpc) is 3.22. The first-order valence-electron chi connectivity index (χ1n) is 9.91. The number of halogens is 1. The largest absolute Gasteiger partial charge is 0.339 e. The number of hydrogen-bond acceptors (Lipinski definition) is 6. The van der Waals surface area contributed by atoms with Crippen LogP contribution >= 0.6 is 23.4 Å². The predicted octanol–water partition coefficient (Wildman–Crippen LogP) is 3.24. The minimum Gasteiger partial charge on any atom is -0.339 e. The molecule has 1 aliphatic rings. The predicted molar refractivity (Wildman–Crippen MR) is 119 cm³/mol. The molecule has 0 unspecified atom stereocenters. The van der Waals surface area contributed by atoms with E-state index in [1.165, 1.54) is 11.8 Å². The number of thioether (sulfide) groups is 1. The van der Waals surface area contributed by atoms with Gasteiger partial charge in [0.05, 0.1) is 16.5 Å². The van der Waals surface area contributed by atoms with Gasteiger partial charge in [0.25, 0.3) is 0 Å². The topological polar surface area (TPSA) is 67.2 Å². The van der Waals surface area contributed by atoms with Crippen molar-refractivity contribution >= 4 is 29.3 Å². The van der Waals surface area contributed by atoms with Crippen molar-refractivity contribution in [2.75, 3.05) is 38.5 Å². The van der Waals surface area contributed by atoms with Crippen LogP contribution in [0.4, 0.5) is 0 Å². The molecule has 3 heterocycles. The van der Waals surface area contributed by atoms with Crippen molar-refractivity contribution < 1.29 is 4.79 Å². The number of benzene rings is 1. The van der Waals surface area contributed by atoms with Crippen LogP contribution in [0.2, 0.25) is 5.02 Å². The summed E-state index contributed by atoms with van der Waals surface area (Å²) in [5, 5.41) is 9.99. The van der Waals surface area contributed by atoms with Gasteiger partial charge in [-0.25, -0.2) is 0 Å². The number of hydrogen-bond donors (Lipinski definition) is 0. The lowest BCUT2D eigenvalue weighted by molar-refractivity contribution is -0.130. The Morgan fingerprint density at radius 3 is 2.50 bits per heavy atom. The Balaban J connectivity index is 1.57. The third-order valence-corrected chi connectivity index (χ3v) is 6.40. The third kappa shape index (κ3) is 4.50. The molecule has 0 N–H and O–H groups in total. The van der Waals surface area contributed by atoms with Gasteiger partial charge in [0.15, 0.2) is 11.0 Å². The molecule has 1 amide bonds. The maximum atomic E-state index is 12.8. The van der Waals surface area contributed by atoms with E-state index in [2.05, 4.69) is 27.0 Å². The summed E-state index contributed by atoms with van der Waals surface area (Å²) in [5.41, 5.74) is 1.66. The second-order valence-corrected chi connectivity index (χ2v) is 8.28. The number of carbonyl (C=O) groups excluding carboxylic acids is 1. The van der Waals surface area contributed by atoms with E-state index in [0.29, 0.717) is 21.8 Å². The molecule has 4 rings (SSSR count). The maximum absolute atomic E-state index is 12.8. The molecule has 156 valence electrons. The minimum atomic E-state index is 0.120. The number of para-hydroxylation sites is 1. The molecule has 1 fully saturated rings. The van der Waals surface area contributed by atoms with Gasteiger partial charge >= 0.3 is 0 Å². The lowest BCUT2D eigenvalue weighted by atomic mass is 10.2. The van der Waals surface area contributed by atoms with E-state index >= 15 is 0 Å². The molecular weight excluding hydrogens is 420 g/mol. The standard InChI is InChI=1S/C21H23ClN6OS/c1-2-26-11-13-27(14-12-26)19(29)15-30-21-25-24-20(16-7-9-23-10-8-16)28(21)18-6-4-3-5-17(18)22/h3-10H,2,11-15H2,1H3. The molecule has 0 saturated carbocycles. The third-order valence-electron chi connectivity index (χ3n) is 5.16. The van der Waals surface area contributed by atoms with E-state index < -0.39 is 0 Å². The zero-order valence-corrected chi connectivity index (χ0v) is 18.3. The molecule has 0 spiro atoms. The first-order valence-corrected chi connectivity index (χ1v) is 11.3. The van der Waals surface area contributed by atoms with E-state index in [-0.39, 0.29) is 5.91 Å². The van der Waals surface area contributed by atoms with Crippen LogP contribution < -0.4 is 0 Å². The van der Waals surface area contributed by atoms with Crippen LogP contribution in [0.15, 0.2) is 53.9 Å². The highest BCUT2D eigenvalue weighted by Crippen LogP contribution is 2.31. The molecule has 30 heavy (non-hydrogen) atoms. The van der Waals surface area contributed by atoms with Gasteiger partial charge in [-0.2, -0.15) is 0 Å². The van der Waals surface area contributed by atoms with Crippen LogP contribution in [0.25, 0.3) is 17.1 Å². The number of pyridine rings is 1. The summed E-state index contributed by atoms with van der Waals surface area (Å²) in [5.74, 6) is 1.09. The van der Waals surface area contributed by atoms with E-state index in [9.17, 15) is 4.79 Å². The average molecular weight is 443 g/mol. The molecule has 3 aromatic rings. The Bertz CT molecular complexity index is 1000. The Morgan fingerprint density at radius 2 is 1.80 bits per heavy atom. The second kappa shape index (κ2) is 9.59. The highest BCUT2D eigenvalue weighted by atomic mass is 35.5. The van der Waals surface area contributed by atoms with Gasteiger partial charge in [0.1, 0.15) is 0 Å². The number of piperazine rings is 1. The number of rotatable bonds is 6. The SMILES string of the molecule is CCN1CCN(C(=O)CSc2nnc(-c3ccncc3)n2-c2ccccc2Cl)CC1. The molecule has 0 aliphatic carbocycles. The zero-order valence-electron chi connectivity index (χ0n) is 16.7. The molecular formula is C21H23ClN6OS. The van der Waals surface area contributed by atoms with Crippen molar-refractivity contribution in [1.82, 2.24) is 29.5 Å².